The highest BCUT2D eigenvalue weighted by Crippen LogP contribution is 2.35. The standard InChI is InChI=1S/C34H34FN11O3/c1-19-40-26-7-5-6-23-25-10-11-36-34(42-25)41-21-13-28(33(47)43(2)16-22(48-3)17-44(19)30(23)26)45(15-21)31-24-14-39-46(32(24)38-18-37-31)27-9-8-20(35)12-29(27)49-4/h5-12,14,18,21-22,28H,13,15-17H2,1-4H3,(H,36,41,42)/t21-,22+,28-/m0/s1. The Balaban J connectivity index is 1.22. The predicted molar refractivity (Wildman–Crippen MR) is 180 cm³/mol. The van der Waals surface area contributed by atoms with Crippen molar-refractivity contribution in [1.82, 2.24) is 44.2 Å². The minimum atomic E-state index is -0.575. The van der Waals surface area contributed by atoms with Gasteiger partial charge < -0.3 is 29.2 Å². The Bertz CT molecular complexity index is 2220. The highest BCUT2D eigenvalue weighted by atomic mass is 19.1. The van der Waals surface area contributed by atoms with E-state index in [1.807, 2.05) is 36.1 Å². The van der Waals surface area contributed by atoms with Gasteiger partial charge in [0.25, 0.3) is 0 Å². The number of ether oxygens (including phenoxy) is 2. The number of anilines is 2. The number of hydrogen-bond donors (Lipinski definition) is 1. The molecule has 2 aliphatic heterocycles. The van der Waals surface area contributed by atoms with E-state index in [1.54, 1.807) is 42.2 Å². The van der Waals surface area contributed by atoms with Crippen LogP contribution >= 0.6 is 0 Å². The van der Waals surface area contributed by atoms with Crippen LogP contribution in [-0.4, -0.2) is 103 Å². The molecule has 3 atom stereocenters. The summed E-state index contributed by atoms with van der Waals surface area (Å²) in [5.74, 6) is 1.65. The Morgan fingerprint density at radius 3 is 2.73 bits per heavy atom. The zero-order chi connectivity index (χ0) is 33.8. The van der Waals surface area contributed by atoms with Crippen LogP contribution in [0.2, 0.25) is 0 Å². The van der Waals surface area contributed by atoms with Crippen molar-refractivity contribution in [2.24, 2.45) is 0 Å². The van der Waals surface area contributed by atoms with Crippen molar-refractivity contribution in [3.05, 3.63) is 72.8 Å². The topological polar surface area (TPSA) is 141 Å². The van der Waals surface area contributed by atoms with Crippen molar-refractivity contribution in [2.45, 2.75) is 38.1 Å². The smallest absolute Gasteiger partial charge is 0.245 e. The summed E-state index contributed by atoms with van der Waals surface area (Å²) >= 11 is 0. The van der Waals surface area contributed by atoms with Crippen LogP contribution in [0.3, 0.4) is 0 Å². The lowest BCUT2D eigenvalue weighted by Gasteiger charge is -2.30. The third-order valence-corrected chi connectivity index (χ3v) is 9.37. The van der Waals surface area contributed by atoms with Gasteiger partial charge in [0.15, 0.2) is 5.65 Å². The molecule has 1 fully saturated rings. The second-order valence-corrected chi connectivity index (χ2v) is 12.3. The number of carbonyl (C=O) groups is 1. The molecule has 2 aromatic carbocycles. The van der Waals surface area contributed by atoms with E-state index in [4.69, 9.17) is 19.4 Å². The highest BCUT2D eigenvalue weighted by molar-refractivity contribution is 5.93. The number of amides is 1. The fourth-order valence-corrected chi connectivity index (χ4v) is 7.02. The van der Waals surface area contributed by atoms with Gasteiger partial charge in [-0.05, 0) is 37.6 Å². The molecule has 4 bridgehead atoms. The molecule has 250 valence electrons. The van der Waals surface area contributed by atoms with Crippen LogP contribution in [0.15, 0.2) is 61.2 Å². The molecule has 6 heterocycles. The van der Waals surface area contributed by atoms with Crippen LogP contribution < -0.4 is 15.0 Å². The number of nitrogens with zero attached hydrogens (tertiary/aromatic N) is 10. The maximum Gasteiger partial charge on any atom is 0.245 e. The van der Waals surface area contributed by atoms with Crippen molar-refractivity contribution in [3.8, 4) is 22.7 Å². The molecule has 1 saturated heterocycles. The number of nitrogens with one attached hydrogen (secondary N) is 1. The number of rotatable bonds is 4. The zero-order valence-corrected chi connectivity index (χ0v) is 27.4. The average Bonchev–Trinajstić information content (AvgIpc) is 3.82. The Labute approximate surface area is 280 Å². The fraction of sp³-hybridized carbons (Fsp3) is 0.324. The summed E-state index contributed by atoms with van der Waals surface area (Å²) in [6.07, 6.45) is 5.00. The van der Waals surface area contributed by atoms with Crippen molar-refractivity contribution in [1.29, 1.82) is 0 Å². The Morgan fingerprint density at radius 1 is 1.02 bits per heavy atom. The normalized spacial score (nSPS) is 19.6. The summed E-state index contributed by atoms with van der Waals surface area (Å²) < 4.78 is 29.2. The first kappa shape index (κ1) is 30.6. The molecule has 49 heavy (non-hydrogen) atoms. The van der Waals surface area contributed by atoms with Crippen LogP contribution in [0, 0.1) is 12.7 Å². The van der Waals surface area contributed by atoms with E-state index in [9.17, 15) is 9.18 Å². The summed E-state index contributed by atoms with van der Waals surface area (Å²) in [7, 11) is 4.94. The molecule has 6 aromatic rings. The molecule has 0 spiro atoms. The first-order valence-electron chi connectivity index (χ1n) is 16.0. The van der Waals surface area contributed by atoms with Gasteiger partial charge in [-0.2, -0.15) is 5.10 Å². The molecule has 8 rings (SSSR count). The summed E-state index contributed by atoms with van der Waals surface area (Å²) in [5, 5.41) is 8.71. The molecule has 0 aliphatic carbocycles. The number of likely N-dealkylation sites (N-methyl/N-ethyl adjacent to an activating group) is 1. The number of hydrogen-bond acceptors (Lipinski definition) is 11. The third kappa shape index (κ3) is 5.26. The van der Waals surface area contributed by atoms with E-state index >= 15 is 0 Å². The van der Waals surface area contributed by atoms with E-state index < -0.39 is 11.9 Å². The largest absolute Gasteiger partial charge is 0.494 e. The van der Waals surface area contributed by atoms with Gasteiger partial charge in [0.1, 0.15) is 41.3 Å². The SMILES string of the molecule is COc1cc(F)ccc1-n1ncc2c(N3C[C@@H]4C[C@H]3C(=O)N(C)C[C@@H](OC)Cn3c(C)nc5cccc(c53)-c3ccnc(n3)N4)ncnc21. The number of imidazole rings is 1. The van der Waals surface area contributed by atoms with Gasteiger partial charge in [-0.25, -0.2) is 34.0 Å². The van der Waals surface area contributed by atoms with Gasteiger partial charge in [0.05, 0.1) is 48.1 Å². The van der Waals surface area contributed by atoms with E-state index in [0.717, 1.165) is 28.1 Å². The molecule has 2 aliphatic rings. The molecular weight excluding hydrogens is 629 g/mol. The molecule has 1 amide bonds. The second-order valence-electron chi connectivity index (χ2n) is 12.3. The lowest BCUT2D eigenvalue weighted by molar-refractivity contribution is -0.132. The van der Waals surface area contributed by atoms with Gasteiger partial charge in [0.2, 0.25) is 11.9 Å². The van der Waals surface area contributed by atoms with Crippen LogP contribution in [-0.2, 0) is 16.1 Å². The van der Waals surface area contributed by atoms with Crippen molar-refractivity contribution in [3.63, 3.8) is 0 Å². The number of aryl methyl sites for hydroxylation is 1. The van der Waals surface area contributed by atoms with Crippen LogP contribution in [0.1, 0.15) is 12.2 Å². The summed E-state index contributed by atoms with van der Waals surface area (Å²) in [4.78, 5) is 41.6. The summed E-state index contributed by atoms with van der Waals surface area (Å²) in [6.45, 7) is 3.25. The van der Waals surface area contributed by atoms with Gasteiger partial charge in [-0.3, -0.25) is 4.79 Å². The molecular formula is C34H34FN11O3. The fourth-order valence-electron chi connectivity index (χ4n) is 7.02. The number of benzene rings is 2. The van der Waals surface area contributed by atoms with E-state index in [1.165, 1.54) is 25.6 Å². The number of aromatic nitrogens is 8. The molecule has 0 saturated carbocycles. The first-order chi connectivity index (χ1) is 23.8. The Kier molecular flexibility index (Phi) is 7.55. The monoisotopic (exact) mass is 663 g/mol. The second kappa shape index (κ2) is 12.1. The quantitative estimate of drug-likeness (QED) is 0.296. The molecule has 15 heteroatoms. The highest BCUT2D eigenvalue weighted by Gasteiger charge is 2.41. The minimum absolute atomic E-state index is 0.0804. The molecule has 0 radical (unpaired) electrons. The minimum Gasteiger partial charge on any atom is -0.494 e. The van der Waals surface area contributed by atoms with E-state index in [2.05, 4.69) is 29.9 Å². The summed E-state index contributed by atoms with van der Waals surface area (Å²) in [5.41, 5.74) is 4.52. The Morgan fingerprint density at radius 2 is 1.90 bits per heavy atom. The third-order valence-electron chi connectivity index (χ3n) is 9.37. The van der Waals surface area contributed by atoms with Crippen LogP contribution in [0.25, 0.3) is 39.0 Å². The van der Waals surface area contributed by atoms with Crippen LogP contribution in [0.4, 0.5) is 16.2 Å². The van der Waals surface area contributed by atoms with Crippen LogP contribution in [0.5, 0.6) is 5.75 Å². The number of para-hydroxylation sites is 1. The molecule has 1 N–H and O–H groups in total. The number of methoxy groups -OCH3 is 2. The number of fused-ring (bicyclic) bond motifs is 6. The number of halogens is 1. The van der Waals surface area contributed by atoms with Crippen molar-refractivity contribution >= 4 is 39.7 Å². The molecule has 14 nitrogen and oxygen atoms in total. The van der Waals surface area contributed by atoms with Gasteiger partial charge >= 0.3 is 0 Å². The van der Waals surface area contributed by atoms with Gasteiger partial charge in [-0.15, -0.1) is 0 Å². The first-order valence-corrected chi connectivity index (χ1v) is 16.0. The average molecular weight is 664 g/mol. The zero-order valence-electron chi connectivity index (χ0n) is 27.4. The maximum absolute atomic E-state index is 14.4. The van der Waals surface area contributed by atoms with E-state index in [-0.39, 0.29) is 18.1 Å². The van der Waals surface area contributed by atoms with Crippen molar-refractivity contribution < 1.29 is 18.7 Å². The molecule has 4 aromatic heterocycles. The predicted octanol–water partition coefficient (Wildman–Crippen LogP) is 3.62. The lowest BCUT2D eigenvalue weighted by atomic mass is 10.1. The van der Waals surface area contributed by atoms with E-state index in [0.29, 0.717) is 60.3 Å². The Hall–Kier alpha value is -5.70. The summed E-state index contributed by atoms with van der Waals surface area (Å²) in [6, 6.07) is 11.4. The number of carbonyl (C=O) groups excluding carboxylic acids is 1. The molecule has 0 unspecified atom stereocenters. The van der Waals surface area contributed by atoms with Gasteiger partial charge in [0, 0.05) is 51.1 Å². The van der Waals surface area contributed by atoms with Gasteiger partial charge in [-0.1, -0.05) is 12.1 Å². The maximum atomic E-state index is 14.4. The van der Waals surface area contributed by atoms with Crippen molar-refractivity contribution in [2.75, 3.05) is 44.6 Å². The lowest BCUT2D eigenvalue weighted by Crippen LogP contribution is -2.47.